The molecular formula is C21H19ClN4O4S. The van der Waals surface area contributed by atoms with Crippen LogP contribution in [-0.4, -0.2) is 39.2 Å². The molecule has 10 heteroatoms. The predicted molar refractivity (Wildman–Crippen MR) is 119 cm³/mol. The van der Waals surface area contributed by atoms with Gasteiger partial charge in [0.05, 0.1) is 23.9 Å². The number of ether oxygens (including phenoxy) is 1. The summed E-state index contributed by atoms with van der Waals surface area (Å²) in [6.07, 6.45) is 4.62. The first-order valence-corrected chi connectivity index (χ1v) is 10.9. The average Bonchev–Trinajstić information content (AvgIpc) is 2.79. The largest absolute Gasteiger partial charge is 0.497 e. The Hall–Kier alpha value is -3.43. The van der Waals surface area contributed by atoms with Crippen molar-refractivity contribution >= 4 is 39.4 Å². The number of anilines is 1. The number of nitrogens with zero attached hydrogens (tertiary/aromatic N) is 3. The molecule has 0 unspecified atom stereocenters. The lowest BCUT2D eigenvalue weighted by Gasteiger charge is -2.23. The highest BCUT2D eigenvalue weighted by Gasteiger charge is 2.27. The molecule has 0 aliphatic rings. The first-order chi connectivity index (χ1) is 14.9. The van der Waals surface area contributed by atoms with E-state index in [0.29, 0.717) is 10.8 Å². The van der Waals surface area contributed by atoms with Crippen molar-refractivity contribution in [3.05, 3.63) is 83.6 Å². The SMILES string of the molecule is COc1ccc(S(=O)(=O)N(CC(=O)N/N=C/c2ccncc2)c2ccc(Cl)cc2)cc1. The van der Waals surface area contributed by atoms with E-state index in [-0.39, 0.29) is 10.6 Å². The highest BCUT2D eigenvalue weighted by atomic mass is 35.5. The summed E-state index contributed by atoms with van der Waals surface area (Å²) in [7, 11) is -2.56. The first-order valence-electron chi connectivity index (χ1n) is 9.04. The van der Waals surface area contributed by atoms with Crippen LogP contribution in [-0.2, 0) is 14.8 Å². The summed E-state index contributed by atoms with van der Waals surface area (Å²) in [5.41, 5.74) is 3.36. The molecule has 1 amide bonds. The number of nitrogens with one attached hydrogen (secondary N) is 1. The molecule has 0 fully saturated rings. The zero-order valence-electron chi connectivity index (χ0n) is 16.5. The standard InChI is InChI=1S/C21H19ClN4O4S/c1-30-19-6-8-20(9-7-19)31(28,29)26(18-4-2-17(22)3-5-18)15-21(27)25-24-14-16-10-12-23-13-11-16/h2-14H,15H2,1H3,(H,25,27)/b24-14+. The summed E-state index contributed by atoms with van der Waals surface area (Å²) >= 11 is 5.93. The molecule has 8 nitrogen and oxygen atoms in total. The summed E-state index contributed by atoms with van der Waals surface area (Å²) in [6.45, 7) is -0.482. The molecule has 0 spiro atoms. The van der Waals surface area contributed by atoms with E-state index in [2.05, 4.69) is 15.5 Å². The van der Waals surface area contributed by atoms with Crippen molar-refractivity contribution < 1.29 is 17.9 Å². The minimum atomic E-state index is -4.05. The molecule has 0 bridgehead atoms. The van der Waals surface area contributed by atoms with Crippen LogP contribution < -0.4 is 14.5 Å². The topological polar surface area (TPSA) is 101 Å². The Labute approximate surface area is 185 Å². The molecule has 160 valence electrons. The van der Waals surface area contributed by atoms with Crippen LogP contribution in [0.5, 0.6) is 5.75 Å². The smallest absolute Gasteiger partial charge is 0.264 e. The summed E-state index contributed by atoms with van der Waals surface area (Å²) in [6, 6.07) is 15.5. The van der Waals surface area contributed by atoms with Gasteiger partial charge in [-0.15, -0.1) is 0 Å². The second-order valence-electron chi connectivity index (χ2n) is 6.24. The molecule has 0 aliphatic heterocycles. The highest BCUT2D eigenvalue weighted by Crippen LogP contribution is 2.26. The lowest BCUT2D eigenvalue weighted by Crippen LogP contribution is -2.39. The first kappa shape index (κ1) is 22.3. The molecule has 31 heavy (non-hydrogen) atoms. The van der Waals surface area contributed by atoms with E-state index in [9.17, 15) is 13.2 Å². The predicted octanol–water partition coefficient (Wildman–Crippen LogP) is 3.09. The van der Waals surface area contributed by atoms with Gasteiger partial charge in [-0.2, -0.15) is 5.10 Å². The van der Waals surface area contributed by atoms with Gasteiger partial charge >= 0.3 is 0 Å². The number of amides is 1. The van der Waals surface area contributed by atoms with Crippen molar-refractivity contribution in [3.63, 3.8) is 0 Å². The quantitative estimate of drug-likeness (QED) is 0.413. The van der Waals surface area contributed by atoms with Gasteiger partial charge in [-0.25, -0.2) is 13.8 Å². The average molecular weight is 459 g/mol. The number of halogens is 1. The molecule has 3 rings (SSSR count). The fraction of sp³-hybridized carbons (Fsp3) is 0.0952. The molecule has 0 atom stereocenters. The summed E-state index contributed by atoms with van der Waals surface area (Å²) in [5.74, 6) is -0.0995. The number of carbonyl (C=O) groups excluding carboxylic acids is 1. The van der Waals surface area contributed by atoms with E-state index in [1.54, 1.807) is 36.7 Å². The van der Waals surface area contributed by atoms with Crippen LogP contribution in [0.1, 0.15) is 5.56 Å². The molecule has 1 aromatic heterocycles. The number of rotatable bonds is 8. The van der Waals surface area contributed by atoms with Gasteiger partial charge in [0.1, 0.15) is 12.3 Å². The number of hydrazone groups is 1. The third-order valence-electron chi connectivity index (χ3n) is 4.16. The second-order valence-corrected chi connectivity index (χ2v) is 8.54. The summed E-state index contributed by atoms with van der Waals surface area (Å²) in [5, 5.41) is 4.31. The van der Waals surface area contributed by atoms with Crippen LogP contribution in [0.25, 0.3) is 0 Å². The van der Waals surface area contributed by atoms with Crippen molar-refractivity contribution in [1.82, 2.24) is 10.4 Å². The zero-order valence-corrected chi connectivity index (χ0v) is 18.0. The van der Waals surface area contributed by atoms with Gasteiger partial charge in [0, 0.05) is 17.4 Å². The van der Waals surface area contributed by atoms with Crippen LogP contribution in [0.2, 0.25) is 5.02 Å². The van der Waals surface area contributed by atoms with Crippen molar-refractivity contribution in [3.8, 4) is 5.75 Å². The molecule has 0 saturated heterocycles. The number of carbonyl (C=O) groups is 1. The van der Waals surface area contributed by atoms with Crippen molar-refractivity contribution in [2.45, 2.75) is 4.90 Å². The van der Waals surface area contributed by atoms with Gasteiger partial charge in [0.25, 0.3) is 15.9 Å². The zero-order chi connectivity index (χ0) is 22.3. The lowest BCUT2D eigenvalue weighted by molar-refractivity contribution is -0.119. The maximum atomic E-state index is 13.3. The normalized spacial score (nSPS) is 11.3. The van der Waals surface area contributed by atoms with Crippen LogP contribution in [0, 0.1) is 0 Å². The number of hydrogen-bond acceptors (Lipinski definition) is 6. The Morgan fingerprint density at radius 3 is 2.35 bits per heavy atom. The molecule has 2 aromatic carbocycles. The Kier molecular flexibility index (Phi) is 7.22. The molecule has 0 aliphatic carbocycles. The molecule has 1 heterocycles. The monoisotopic (exact) mass is 458 g/mol. The van der Waals surface area contributed by atoms with Gasteiger partial charge in [0.15, 0.2) is 0 Å². The number of benzene rings is 2. The molecule has 0 saturated carbocycles. The Bertz CT molecular complexity index is 1150. The van der Waals surface area contributed by atoms with E-state index >= 15 is 0 Å². The van der Waals surface area contributed by atoms with Crippen molar-refractivity contribution in [2.24, 2.45) is 5.10 Å². The van der Waals surface area contributed by atoms with Crippen LogP contribution in [0.4, 0.5) is 5.69 Å². The van der Waals surface area contributed by atoms with Gasteiger partial charge in [-0.3, -0.25) is 14.1 Å². The van der Waals surface area contributed by atoms with E-state index in [1.165, 1.54) is 49.7 Å². The number of aromatic nitrogens is 1. The van der Waals surface area contributed by atoms with Crippen LogP contribution in [0.3, 0.4) is 0 Å². The van der Waals surface area contributed by atoms with E-state index in [1.807, 2.05) is 0 Å². The minimum absolute atomic E-state index is 0.0105. The van der Waals surface area contributed by atoms with E-state index in [0.717, 1.165) is 9.87 Å². The Balaban J connectivity index is 1.84. The number of methoxy groups -OCH3 is 1. The maximum Gasteiger partial charge on any atom is 0.264 e. The molecule has 3 aromatic rings. The summed E-state index contributed by atoms with van der Waals surface area (Å²) < 4.78 is 32.6. The summed E-state index contributed by atoms with van der Waals surface area (Å²) in [4.78, 5) is 16.4. The third kappa shape index (κ3) is 5.80. The fourth-order valence-corrected chi connectivity index (χ4v) is 4.14. The lowest BCUT2D eigenvalue weighted by atomic mass is 10.3. The second kappa shape index (κ2) is 10.1. The van der Waals surface area contributed by atoms with Gasteiger partial charge in [-0.05, 0) is 66.2 Å². The van der Waals surface area contributed by atoms with Gasteiger partial charge in [-0.1, -0.05) is 11.6 Å². The number of pyridine rings is 1. The molecule has 1 N–H and O–H groups in total. The van der Waals surface area contributed by atoms with Crippen LogP contribution in [0.15, 0.2) is 83.1 Å². The van der Waals surface area contributed by atoms with Gasteiger partial charge < -0.3 is 4.74 Å². The number of sulfonamides is 1. The van der Waals surface area contributed by atoms with Gasteiger partial charge in [0.2, 0.25) is 0 Å². The Morgan fingerprint density at radius 2 is 1.74 bits per heavy atom. The molecular weight excluding hydrogens is 440 g/mol. The van der Waals surface area contributed by atoms with Crippen molar-refractivity contribution in [1.29, 1.82) is 0 Å². The number of hydrogen-bond donors (Lipinski definition) is 1. The Morgan fingerprint density at radius 1 is 1.10 bits per heavy atom. The molecule has 0 radical (unpaired) electrons. The van der Waals surface area contributed by atoms with Crippen molar-refractivity contribution in [2.75, 3.05) is 18.0 Å². The minimum Gasteiger partial charge on any atom is -0.497 e. The third-order valence-corrected chi connectivity index (χ3v) is 6.20. The van der Waals surface area contributed by atoms with E-state index in [4.69, 9.17) is 16.3 Å². The van der Waals surface area contributed by atoms with E-state index < -0.39 is 22.5 Å². The highest BCUT2D eigenvalue weighted by molar-refractivity contribution is 7.92. The van der Waals surface area contributed by atoms with Crippen LogP contribution >= 0.6 is 11.6 Å². The fourth-order valence-electron chi connectivity index (χ4n) is 2.59. The maximum absolute atomic E-state index is 13.3.